The van der Waals surface area contributed by atoms with Gasteiger partial charge < -0.3 is 5.32 Å². The quantitative estimate of drug-likeness (QED) is 0.785. The van der Waals surface area contributed by atoms with Gasteiger partial charge in [0.05, 0.1) is 25.0 Å². The second kappa shape index (κ2) is 5.14. The standard InChI is InChI=1S/C12H13N5O2S/c1-13-11-7-2-3-20-12(7)15-8(14-11)4-17-5-9(18)16-10(19)6-17/h2-3H,4-6H2,1H3,(H,13,14,15)(H,16,18,19). The first-order valence-electron chi connectivity index (χ1n) is 6.12. The fraction of sp³-hybridized carbons (Fsp3) is 0.333. The molecule has 0 aromatic carbocycles. The maximum absolute atomic E-state index is 11.3. The zero-order valence-electron chi connectivity index (χ0n) is 10.8. The van der Waals surface area contributed by atoms with Gasteiger partial charge in [-0.15, -0.1) is 11.3 Å². The third kappa shape index (κ3) is 2.47. The molecule has 104 valence electrons. The first kappa shape index (κ1) is 12.9. The molecule has 3 rings (SSSR count). The third-order valence-corrected chi connectivity index (χ3v) is 3.79. The lowest BCUT2D eigenvalue weighted by Gasteiger charge is -2.24. The van der Waals surface area contributed by atoms with Crippen LogP contribution in [-0.2, 0) is 16.1 Å². The molecule has 0 saturated carbocycles. The molecule has 0 bridgehead atoms. The largest absolute Gasteiger partial charge is 0.372 e. The smallest absolute Gasteiger partial charge is 0.240 e. The molecule has 2 aromatic rings. The van der Waals surface area contributed by atoms with Crippen LogP contribution in [0.4, 0.5) is 5.82 Å². The zero-order chi connectivity index (χ0) is 14.1. The van der Waals surface area contributed by atoms with E-state index in [0.717, 1.165) is 16.0 Å². The highest BCUT2D eigenvalue weighted by molar-refractivity contribution is 7.16. The summed E-state index contributed by atoms with van der Waals surface area (Å²) in [7, 11) is 1.81. The Labute approximate surface area is 119 Å². The van der Waals surface area contributed by atoms with Crippen LogP contribution in [0.5, 0.6) is 0 Å². The van der Waals surface area contributed by atoms with E-state index < -0.39 is 0 Å². The Bertz CT molecular complexity index is 668. The number of hydrogen-bond acceptors (Lipinski definition) is 7. The molecule has 2 N–H and O–H groups in total. The Morgan fingerprint density at radius 1 is 1.35 bits per heavy atom. The molecule has 2 aromatic heterocycles. The molecule has 0 atom stereocenters. The molecule has 0 spiro atoms. The highest BCUT2D eigenvalue weighted by atomic mass is 32.1. The van der Waals surface area contributed by atoms with E-state index >= 15 is 0 Å². The average molecular weight is 291 g/mol. The Kier molecular flexibility index (Phi) is 3.33. The van der Waals surface area contributed by atoms with Crippen molar-refractivity contribution >= 4 is 39.2 Å². The topological polar surface area (TPSA) is 87.2 Å². The lowest BCUT2D eigenvalue weighted by molar-refractivity contribution is -0.136. The lowest BCUT2D eigenvalue weighted by atomic mass is 10.3. The Morgan fingerprint density at radius 2 is 2.10 bits per heavy atom. The summed E-state index contributed by atoms with van der Waals surface area (Å²) in [5.41, 5.74) is 0. The van der Waals surface area contributed by atoms with Crippen LogP contribution in [0.1, 0.15) is 5.82 Å². The number of nitrogens with one attached hydrogen (secondary N) is 2. The van der Waals surface area contributed by atoms with E-state index in [1.165, 1.54) is 11.3 Å². The van der Waals surface area contributed by atoms with Crippen molar-refractivity contribution in [3.05, 3.63) is 17.3 Å². The molecular weight excluding hydrogens is 278 g/mol. The molecule has 1 aliphatic heterocycles. The summed E-state index contributed by atoms with van der Waals surface area (Å²) in [6, 6.07) is 1.97. The van der Waals surface area contributed by atoms with Gasteiger partial charge in [0.25, 0.3) is 0 Å². The predicted octanol–water partition coefficient (Wildman–Crippen LogP) is 0.191. The van der Waals surface area contributed by atoms with Crippen molar-refractivity contribution < 1.29 is 9.59 Å². The van der Waals surface area contributed by atoms with E-state index in [1.807, 2.05) is 11.4 Å². The summed E-state index contributed by atoms with van der Waals surface area (Å²) in [6.07, 6.45) is 0. The van der Waals surface area contributed by atoms with Gasteiger partial charge >= 0.3 is 0 Å². The van der Waals surface area contributed by atoms with Crippen LogP contribution in [0, 0.1) is 0 Å². The van der Waals surface area contributed by atoms with Crippen LogP contribution in [0.2, 0.25) is 0 Å². The van der Waals surface area contributed by atoms with E-state index in [4.69, 9.17) is 0 Å². The third-order valence-electron chi connectivity index (χ3n) is 2.99. The van der Waals surface area contributed by atoms with Gasteiger partial charge in [-0.1, -0.05) is 0 Å². The number of amides is 2. The van der Waals surface area contributed by atoms with Crippen LogP contribution in [0.15, 0.2) is 11.4 Å². The SMILES string of the molecule is CNc1nc(CN2CC(=O)NC(=O)C2)nc2sccc12. The average Bonchev–Trinajstić information content (AvgIpc) is 2.84. The number of fused-ring (bicyclic) bond motifs is 1. The molecular formula is C12H13N5O2S. The summed E-state index contributed by atoms with van der Waals surface area (Å²) in [4.78, 5) is 34.2. The van der Waals surface area contributed by atoms with Crippen molar-refractivity contribution in [2.45, 2.75) is 6.54 Å². The summed E-state index contributed by atoms with van der Waals surface area (Å²) in [6.45, 7) is 0.751. The molecule has 2 amide bonds. The second-order valence-corrected chi connectivity index (χ2v) is 5.39. The first-order valence-corrected chi connectivity index (χ1v) is 7.00. The number of hydrogen-bond donors (Lipinski definition) is 2. The lowest BCUT2D eigenvalue weighted by Crippen LogP contribution is -2.51. The van der Waals surface area contributed by atoms with Gasteiger partial charge in [0.15, 0.2) is 0 Å². The van der Waals surface area contributed by atoms with E-state index in [9.17, 15) is 9.59 Å². The monoisotopic (exact) mass is 291 g/mol. The summed E-state index contributed by atoms with van der Waals surface area (Å²) in [5, 5.41) is 8.25. The van der Waals surface area contributed by atoms with Crippen LogP contribution in [0.3, 0.4) is 0 Å². The van der Waals surface area contributed by atoms with Gasteiger partial charge in [-0.2, -0.15) is 0 Å². The maximum atomic E-state index is 11.3. The molecule has 1 fully saturated rings. The summed E-state index contributed by atoms with van der Waals surface area (Å²) in [5.74, 6) is 0.797. The van der Waals surface area contributed by atoms with Crippen LogP contribution >= 0.6 is 11.3 Å². The number of carbonyl (C=O) groups is 2. The number of aromatic nitrogens is 2. The van der Waals surface area contributed by atoms with Crippen molar-refractivity contribution in [2.24, 2.45) is 0 Å². The van der Waals surface area contributed by atoms with Gasteiger partial charge in [0, 0.05) is 7.05 Å². The number of thiophene rings is 1. The van der Waals surface area contributed by atoms with Crippen molar-refractivity contribution in [1.82, 2.24) is 20.2 Å². The van der Waals surface area contributed by atoms with Crippen molar-refractivity contribution in [3.8, 4) is 0 Å². The minimum atomic E-state index is -0.285. The molecule has 8 heteroatoms. The van der Waals surface area contributed by atoms with Crippen LogP contribution in [0.25, 0.3) is 10.2 Å². The number of imide groups is 1. The Hall–Kier alpha value is -2.06. The fourth-order valence-electron chi connectivity index (χ4n) is 2.17. The van der Waals surface area contributed by atoms with E-state index in [0.29, 0.717) is 12.4 Å². The fourth-order valence-corrected chi connectivity index (χ4v) is 2.95. The summed E-state index contributed by atoms with van der Waals surface area (Å²) < 4.78 is 0. The molecule has 1 saturated heterocycles. The van der Waals surface area contributed by atoms with Crippen LogP contribution in [-0.4, -0.2) is 46.8 Å². The number of carbonyl (C=O) groups excluding carboxylic acids is 2. The molecule has 0 unspecified atom stereocenters. The molecule has 1 aliphatic rings. The summed E-state index contributed by atoms with van der Waals surface area (Å²) >= 11 is 1.54. The van der Waals surface area contributed by atoms with E-state index in [2.05, 4.69) is 20.6 Å². The normalized spacial score (nSPS) is 16.4. The number of nitrogens with zero attached hydrogens (tertiary/aromatic N) is 3. The molecule has 20 heavy (non-hydrogen) atoms. The van der Waals surface area contributed by atoms with Gasteiger partial charge in [-0.3, -0.25) is 19.8 Å². The number of rotatable bonds is 3. The predicted molar refractivity (Wildman–Crippen MR) is 75.4 cm³/mol. The van der Waals surface area contributed by atoms with E-state index in [1.54, 1.807) is 11.9 Å². The minimum Gasteiger partial charge on any atom is -0.372 e. The number of piperazine rings is 1. The van der Waals surface area contributed by atoms with Gasteiger partial charge in [0.1, 0.15) is 16.5 Å². The zero-order valence-corrected chi connectivity index (χ0v) is 11.7. The molecule has 7 nitrogen and oxygen atoms in total. The van der Waals surface area contributed by atoms with Crippen LogP contribution < -0.4 is 10.6 Å². The number of anilines is 1. The molecule has 0 radical (unpaired) electrons. The maximum Gasteiger partial charge on any atom is 0.240 e. The second-order valence-electron chi connectivity index (χ2n) is 4.49. The Morgan fingerprint density at radius 3 is 2.80 bits per heavy atom. The Balaban J connectivity index is 1.86. The highest BCUT2D eigenvalue weighted by Gasteiger charge is 2.23. The van der Waals surface area contributed by atoms with Gasteiger partial charge in [-0.05, 0) is 11.4 Å². The van der Waals surface area contributed by atoms with Gasteiger partial charge in [-0.25, -0.2) is 9.97 Å². The van der Waals surface area contributed by atoms with Gasteiger partial charge in [0.2, 0.25) is 11.8 Å². The molecule has 3 heterocycles. The highest BCUT2D eigenvalue weighted by Crippen LogP contribution is 2.25. The van der Waals surface area contributed by atoms with Crippen molar-refractivity contribution in [3.63, 3.8) is 0 Å². The van der Waals surface area contributed by atoms with Crippen molar-refractivity contribution in [2.75, 3.05) is 25.5 Å². The first-order chi connectivity index (χ1) is 9.65. The van der Waals surface area contributed by atoms with Crippen molar-refractivity contribution in [1.29, 1.82) is 0 Å². The molecule has 0 aliphatic carbocycles. The minimum absolute atomic E-state index is 0.187. The van der Waals surface area contributed by atoms with E-state index in [-0.39, 0.29) is 24.9 Å².